The van der Waals surface area contributed by atoms with Gasteiger partial charge in [0.2, 0.25) is 0 Å². The van der Waals surface area contributed by atoms with Crippen molar-refractivity contribution in [3.05, 3.63) is 12.2 Å². The lowest BCUT2D eigenvalue weighted by Gasteiger charge is -2.08. The van der Waals surface area contributed by atoms with E-state index in [-0.39, 0.29) is 0 Å². The van der Waals surface area contributed by atoms with Gasteiger partial charge in [-0.3, -0.25) is 4.79 Å². The lowest BCUT2D eigenvalue weighted by Crippen LogP contribution is -1.94. The molecule has 0 saturated heterocycles. The highest BCUT2D eigenvalue weighted by Gasteiger charge is 2.00. The average Bonchev–Trinajstić information content (AvgIpc) is 2.23. The smallest absolute Gasteiger partial charge is 0.198 e. The van der Waals surface area contributed by atoms with Crippen LogP contribution in [0.25, 0.3) is 0 Å². The van der Waals surface area contributed by atoms with Crippen LogP contribution in [0, 0.1) is 5.92 Å². The van der Waals surface area contributed by atoms with Crippen molar-refractivity contribution < 1.29 is 4.79 Å². The Balaban J connectivity index is 3.19. The van der Waals surface area contributed by atoms with E-state index in [1.165, 1.54) is 32.1 Å². The van der Waals surface area contributed by atoms with Crippen molar-refractivity contribution in [2.75, 3.05) is 0 Å². The predicted octanol–water partition coefficient (Wildman–Crippen LogP) is 4.43. The van der Waals surface area contributed by atoms with Crippen LogP contribution in [-0.2, 0) is 4.79 Å². The van der Waals surface area contributed by atoms with Gasteiger partial charge in [0.15, 0.2) is 6.29 Å². The number of hydrogen-bond acceptors (Lipinski definition) is 1. The van der Waals surface area contributed by atoms with Gasteiger partial charge in [0.25, 0.3) is 0 Å². The summed E-state index contributed by atoms with van der Waals surface area (Å²) in [5.41, 5.74) is 0. The zero-order chi connectivity index (χ0) is 11.4. The predicted molar refractivity (Wildman–Crippen MR) is 66.6 cm³/mol. The van der Waals surface area contributed by atoms with Crippen molar-refractivity contribution in [2.24, 2.45) is 5.92 Å². The summed E-state index contributed by atoms with van der Waals surface area (Å²) in [5, 5.41) is 0. The van der Waals surface area contributed by atoms with Crippen LogP contribution in [0.3, 0.4) is 0 Å². The monoisotopic (exact) mass is 209 g/mol. The van der Waals surface area contributed by atoms with Gasteiger partial charge in [-0.25, -0.2) is 0 Å². The van der Waals surface area contributed by atoms with Gasteiger partial charge < -0.3 is 0 Å². The van der Waals surface area contributed by atoms with Gasteiger partial charge in [0.1, 0.15) is 0 Å². The fourth-order valence-corrected chi connectivity index (χ4v) is 1.71. The van der Waals surface area contributed by atoms with E-state index in [0.29, 0.717) is 6.42 Å². The Hall–Kier alpha value is -0.590. The van der Waals surface area contributed by atoms with Crippen LogP contribution in [0.2, 0.25) is 0 Å². The molecule has 0 heterocycles. The molecule has 0 spiro atoms. The molecule has 0 aliphatic rings. The molecule has 0 rings (SSSR count). The fourth-order valence-electron chi connectivity index (χ4n) is 1.71. The normalized spacial score (nSPS) is 13.2. The zero-order valence-electron chi connectivity index (χ0n) is 10.3. The Morgan fingerprint density at radius 1 is 1.13 bits per heavy atom. The summed E-state index contributed by atoms with van der Waals surface area (Å²) >= 11 is 0. The maximum Gasteiger partial charge on any atom is 0.198 e. The third-order valence-corrected chi connectivity index (χ3v) is 2.70. The molecule has 0 N–H and O–H groups in total. The molecule has 87 valence electrons. The van der Waals surface area contributed by atoms with Gasteiger partial charge in [-0.1, -0.05) is 45.3 Å². The van der Waals surface area contributed by atoms with Crippen LogP contribution in [-0.4, -0.2) is 6.29 Å². The summed E-state index contributed by atoms with van der Waals surface area (Å²) < 4.78 is 0. The summed E-state index contributed by atoms with van der Waals surface area (Å²) in [6.45, 7) is 4.45. The SMILES string of the molecule is CCC=CCCCCC(C)CCC[C]=O. The first-order valence-electron chi connectivity index (χ1n) is 6.31. The maximum absolute atomic E-state index is 10.0. The summed E-state index contributed by atoms with van der Waals surface area (Å²) in [4.78, 5) is 10.0. The highest BCUT2D eigenvalue weighted by Crippen LogP contribution is 2.15. The molecule has 15 heavy (non-hydrogen) atoms. The Morgan fingerprint density at radius 3 is 2.53 bits per heavy atom. The maximum atomic E-state index is 10.0. The fraction of sp³-hybridized carbons (Fsp3) is 0.786. The molecule has 0 aromatic rings. The number of unbranched alkanes of at least 4 members (excludes halogenated alkanes) is 3. The first kappa shape index (κ1) is 14.4. The second-order valence-electron chi connectivity index (χ2n) is 4.31. The van der Waals surface area contributed by atoms with E-state index in [2.05, 4.69) is 26.0 Å². The zero-order valence-corrected chi connectivity index (χ0v) is 10.3. The second kappa shape index (κ2) is 11.5. The molecule has 1 unspecified atom stereocenters. The minimum atomic E-state index is 0.615. The third kappa shape index (κ3) is 11.3. The average molecular weight is 209 g/mol. The van der Waals surface area contributed by atoms with Crippen LogP contribution in [0.1, 0.15) is 65.2 Å². The van der Waals surface area contributed by atoms with E-state index in [1.54, 1.807) is 0 Å². The summed E-state index contributed by atoms with van der Waals surface area (Å²) in [5.74, 6) is 0.772. The Morgan fingerprint density at radius 2 is 1.87 bits per heavy atom. The molecule has 0 amide bonds. The van der Waals surface area contributed by atoms with Crippen molar-refractivity contribution in [1.29, 1.82) is 0 Å². The van der Waals surface area contributed by atoms with Crippen LogP contribution in [0.5, 0.6) is 0 Å². The van der Waals surface area contributed by atoms with E-state index in [4.69, 9.17) is 0 Å². The molecule has 0 fully saturated rings. The molecule has 1 heteroatoms. The van der Waals surface area contributed by atoms with E-state index in [1.807, 2.05) is 6.29 Å². The van der Waals surface area contributed by atoms with E-state index in [0.717, 1.165) is 18.8 Å². The van der Waals surface area contributed by atoms with Crippen molar-refractivity contribution >= 4 is 6.29 Å². The van der Waals surface area contributed by atoms with Crippen molar-refractivity contribution in [3.8, 4) is 0 Å². The van der Waals surface area contributed by atoms with Gasteiger partial charge in [-0.15, -0.1) is 0 Å². The second-order valence-corrected chi connectivity index (χ2v) is 4.31. The molecular weight excluding hydrogens is 184 g/mol. The van der Waals surface area contributed by atoms with E-state index >= 15 is 0 Å². The Bertz CT molecular complexity index is 161. The molecular formula is C14H25O. The molecule has 0 bridgehead atoms. The number of carbonyl (C=O) groups excluding carboxylic acids is 1. The largest absolute Gasteiger partial charge is 0.291 e. The van der Waals surface area contributed by atoms with Gasteiger partial charge in [0.05, 0.1) is 0 Å². The van der Waals surface area contributed by atoms with Crippen molar-refractivity contribution in [2.45, 2.75) is 65.2 Å². The van der Waals surface area contributed by atoms with Crippen LogP contribution in [0.4, 0.5) is 0 Å². The first-order chi connectivity index (χ1) is 7.31. The first-order valence-corrected chi connectivity index (χ1v) is 6.31. The molecule has 0 saturated carbocycles. The third-order valence-electron chi connectivity index (χ3n) is 2.70. The van der Waals surface area contributed by atoms with Gasteiger partial charge >= 0.3 is 0 Å². The number of rotatable bonds is 10. The highest BCUT2D eigenvalue weighted by atomic mass is 16.1. The lowest BCUT2D eigenvalue weighted by atomic mass is 9.97. The summed E-state index contributed by atoms with van der Waals surface area (Å²) in [6, 6.07) is 0. The van der Waals surface area contributed by atoms with Gasteiger partial charge in [-0.05, 0) is 31.6 Å². The quantitative estimate of drug-likeness (QED) is 0.384. The van der Waals surface area contributed by atoms with E-state index in [9.17, 15) is 4.79 Å². The summed E-state index contributed by atoms with van der Waals surface area (Å²) in [7, 11) is 0. The standard InChI is InChI=1S/C14H25O/c1-3-4-5-6-7-8-11-14(2)12-9-10-13-15/h4-5,14H,3,6-12H2,1-2H3. The summed E-state index contributed by atoms with van der Waals surface area (Å²) in [6.07, 6.45) is 15.6. The molecule has 0 aromatic heterocycles. The van der Waals surface area contributed by atoms with Crippen LogP contribution < -0.4 is 0 Å². The minimum absolute atomic E-state index is 0.615. The molecule has 1 atom stereocenters. The van der Waals surface area contributed by atoms with Crippen LogP contribution in [0.15, 0.2) is 12.2 Å². The van der Waals surface area contributed by atoms with Gasteiger partial charge in [0, 0.05) is 6.42 Å². The van der Waals surface area contributed by atoms with Crippen molar-refractivity contribution in [3.63, 3.8) is 0 Å². The number of hydrogen-bond donors (Lipinski definition) is 0. The molecule has 0 aromatic carbocycles. The molecule has 1 radical (unpaired) electrons. The Kier molecular flexibility index (Phi) is 11.0. The minimum Gasteiger partial charge on any atom is -0.291 e. The lowest BCUT2D eigenvalue weighted by molar-refractivity contribution is 0.453. The van der Waals surface area contributed by atoms with Crippen molar-refractivity contribution in [1.82, 2.24) is 0 Å². The van der Waals surface area contributed by atoms with E-state index < -0.39 is 0 Å². The number of allylic oxidation sites excluding steroid dienone is 2. The topological polar surface area (TPSA) is 17.1 Å². The molecule has 0 aliphatic heterocycles. The van der Waals surface area contributed by atoms with Crippen LogP contribution >= 0.6 is 0 Å². The molecule has 1 nitrogen and oxygen atoms in total. The Labute approximate surface area is 95.0 Å². The molecule has 0 aliphatic carbocycles. The van der Waals surface area contributed by atoms with Gasteiger partial charge in [-0.2, -0.15) is 0 Å². The highest BCUT2D eigenvalue weighted by molar-refractivity contribution is 5.50.